The standard InChI is InChI=1S/C6H9N3O/c7-5-4(3-8-9-5)6(10)1-2-6/h3,10H,1-2H2,(H3,7,8,9). The van der Waals surface area contributed by atoms with E-state index in [0.29, 0.717) is 5.82 Å². The van der Waals surface area contributed by atoms with Gasteiger partial charge in [-0.15, -0.1) is 0 Å². The second-order valence-corrected chi connectivity index (χ2v) is 2.73. The van der Waals surface area contributed by atoms with Gasteiger partial charge in [0.1, 0.15) is 5.82 Å². The second kappa shape index (κ2) is 1.52. The van der Waals surface area contributed by atoms with Gasteiger partial charge in [-0.1, -0.05) is 0 Å². The molecule has 1 aliphatic carbocycles. The van der Waals surface area contributed by atoms with Crippen molar-refractivity contribution in [1.29, 1.82) is 0 Å². The Hall–Kier alpha value is -1.03. The lowest BCUT2D eigenvalue weighted by atomic mass is 10.2. The van der Waals surface area contributed by atoms with Crippen molar-refractivity contribution in [3.05, 3.63) is 11.8 Å². The minimum absolute atomic E-state index is 0.486. The largest absolute Gasteiger partial charge is 0.385 e. The zero-order chi connectivity index (χ0) is 7.19. The predicted molar refractivity (Wildman–Crippen MR) is 36.1 cm³/mol. The highest BCUT2D eigenvalue weighted by atomic mass is 16.3. The number of aromatic nitrogens is 2. The molecule has 0 aromatic carbocycles. The third-order valence-corrected chi connectivity index (χ3v) is 1.89. The molecule has 4 heteroatoms. The Morgan fingerprint density at radius 3 is 2.80 bits per heavy atom. The van der Waals surface area contributed by atoms with E-state index in [0.717, 1.165) is 18.4 Å². The molecule has 0 unspecified atom stereocenters. The summed E-state index contributed by atoms with van der Waals surface area (Å²) in [6, 6.07) is 0. The van der Waals surface area contributed by atoms with Crippen LogP contribution in [-0.2, 0) is 5.60 Å². The molecule has 0 saturated heterocycles. The van der Waals surface area contributed by atoms with Gasteiger partial charge >= 0.3 is 0 Å². The Labute approximate surface area is 58.1 Å². The molecule has 4 N–H and O–H groups in total. The van der Waals surface area contributed by atoms with Crippen LogP contribution >= 0.6 is 0 Å². The first-order valence-corrected chi connectivity index (χ1v) is 3.24. The Balaban J connectivity index is 2.42. The Kier molecular flexibility index (Phi) is 0.870. The molecule has 1 saturated carbocycles. The molecule has 2 rings (SSSR count). The molecule has 1 heterocycles. The highest BCUT2D eigenvalue weighted by Crippen LogP contribution is 2.46. The number of nitrogens with two attached hydrogens (primary N) is 1. The summed E-state index contributed by atoms with van der Waals surface area (Å²) >= 11 is 0. The van der Waals surface area contributed by atoms with Crippen LogP contribution in [-0.4, -0.2) is 15.3 Å². The Morgan fingerprint density at radius 2 is 2.40 bits per heavy atom. The van der Waals surface area contributed by atoms with Gasteiger partial charge in [-0.3, -0.25) is 5.10 Å². The molecule has 1 fully saturated rings. The summed E-state index contributed by atoms with van der Waals surface area (Å²) in [6.07, 6.45) is 3.19. The zero-order valence-electron chi connectivity index (χ0n) is 5.46. The van der Waals surface area contributed by atoms with Gasteiger partial charge in [0.15, 0.2) is 0 Å². The van der Waals surface area contributed by atoms with Crippen molar-refractivity contribution in [2.45, 2.75) is 18.4 Å². The van der Waals surface area contributed by atoms with E-state index in [1.165, 1.54) is 0 Å². The first-order chi connectivity index (χ1) is 4.72. The summed E-state index contributed by atoms with van der Waals surface area (Å²) < 4.78 is 0. The second-order valence-electron chi connectivity index (χ2n) is 2.73. The number of nitrogens with one attached hydrogen (secondary N) is 1. The maximum Gasteiger partial charge on any atom is 0.124 e. The summed E-state index contributed by atoms with van der Waals surface area (Å²) in [5, 5.41) is 15.8. The van der Waals surface area contributed by atoms with Crippen LogP contribution in [0.5, 0.6) is 0 Å². The van der Waals surface area contributed by atoms with Crippen molar-refractivity contribution < 1.29 is 5.11 Å². The van der Waals surface area contributed by atoms with Crippen molar-refractivity contribution in [3.63, 3.8) is 0 Å². The van der Waals surface area contributed by atoms with Crippen molar-refractivity contribution in [2.75, 3.05) is 5.73 Å². The molecule has 0 amide bonds. The number of hydrogen-bond acceptors (Lipinski definition) is 3. The fourth-order valence-corrected chi connectivity index (χ4v) is 1.05. The maximum absolute atomic E-state index is 9.53. The van der Waals surface area contributed by atoms with Gasteiger partial charge in [0.25, 0.3) is 0 Å². The van der Waals surface area contributed by atoms with Gasteiger partial charge in [0.05, 0.1) is 11.8 Å². The van der Waals surface area contributed by atoms with Gasteiger partial charge in [-0.25, -0.2) is 0 Å². The molecule has 4 nitrogen and oxygen atoms in total. The van der Waals surface area contributed by atoms with Gasteiger partial charge in [0.2, 0.25) is 0 Å². The quantitative estimate of drug-likeness (QED) is 0.511. The topological polar surface area (TPSA) is 74.9 Å². The number of anilines is 1. The third-order valence-electron chi connectivity index (χ3n) is 1.89. The van der Waals surface area contributed by atoms with Crippen LogP contribution in [0.3, 0.4) is 0 Å². The highest BCUT2D eigenvalue weighted by molar-refractivity contribution is 5.43. The summed E-state index contributed by atoms with van der Waals surface area (Å²) in [4.78, 5) is 0. The molecule has 1 aromatic heterocycles. The lowest BCUT2D eigenvalue weighted by Gasteiger charge is -2.03. The van der Waals surface area contributed by atoms with E-state index >= 15 is 0 Å². The fraction of sp³-hybridized carbons (Fsp3) is 0.500. The lowest BCUT2D eigenvalue weighted by molar-refractivity contribution is 0.152. The first kappa shape index (κ1) is 5.73. The van der Waals surface area contributed by atoms with Crippen LogP contribution in [0.25, 0.3) is 0 Å². The number of aromatic amines is 1. The molecule has 0 atom stereocenters. The summed E-state index contributed by atoms with van der Waals surface area (Å²) in [5.74, 6) is 0.486. The van der Waals surface area contributed by atoms with E-state index in [1.54, 1.807) is 6.20 Å². The van der Waals surface area contributed by atoms with Gasteiger partial charge in [-0.05, 0) is 12.8 Å². The van der Waals surface area contributed by atoms with E-state index in [2.05, 4.69) is 10.2 Å². The number of aliphatic hydroxyl groups is 1. The van der Waals surface area contributed by atoms with Crippen molar-refractivity contribution >= 4 is 5.82 Å². The summed E-state index contributed by atoms with van der Waals surface area (Å²) in [5.41, 5.74) is 5.58. The van der Waals surface area contributed by atoms with Crippen LogP contribution in [0, 0.1) is 0 Å². The molecule has 0 aliphatic heterocycles. The molecule has 0 spiro atoms. The van der Waals surface area contributed by atoms with E-state index in [-0.39, 0.29) is 0 Å². The van der Waals surface area contributed by atoms with Crippen molar-refractivity contribution in [3.8, 4) is 0 Å². The first-order valence-electron chi connectivity index (χ1n) is 3.24. The van der Waals surface area contributed by atoms with Crippen molar-refractivity contribution in [2.24, 2.45) is 0 Å². The maximum atomic E-state index is 9.53. The van der Waals surface area contributed by atoms with Crippen LogP contribution in [0.2, 0.25) is 0 Å². The SMILES string of the molecule is Nc1[nH]ncc1C1(O)CC1. The molecule has 1 aromatic rings. The monoisotopic (exact) mass is 139 g/mol. The van der Waals surface area contributed by atoms with Crippen LogP contribution < -0.4 is 5.73 Å². The lowest BCUT2D eigenvalue weighted by Crippen LogP contribution is -2.05. The fourth-order valence-electron chi connectivity index (χ4n) is 1.05. The number of nitrogen functional groups attached to an aromatic ring is 1. The average Bonchev–Trinajstić information content (AvgIpc) is 2.44. The normalized spacial score (nSPS) is 20.9. The third kappa shape index (κ3) is 0.623. The molecule has 10 heavy (non-hydrogen) atoms. The van der Waals surface area contributed by atoms with Gasteiger partial charge in [-0.2, -0.15) is 5.10 Å². The predicted octanol–water partition coefficient (Wildman–Crippen LogP) is -0.0267. The minimum Gasteiger partial charge on any atom is -0.385 e. The van der Waals surface area contributed by atoms with E-state index in [4.69, 9.17) is 5.73 Å². The van der Waals surface area contributed by atoms with E-state index in [1.807, 2.05) is 0 Å². The zero-order valence-corrected chi connectivity index (χ0v) is 5.46. The molecule has 0 bridgehead atoms. The van der Waals surface area contributed by atoms with E-state index in [9.17, 15) is 5.11 Å². The van der Waals surface area contributed by atoms with Crippen LogP contribution in [0.15, 0.2) is 6.20 Å². The number of hydrogen-bond donors (Lipinski definition) is 3. The molecule has 0 radical (unpaired) electrons. The number of H-pyrrole nitrogens is 1. The molecular formula is C6H9N3O. The van der Waals surface area contributed by atoms with Gasteiger partial charge < -0.3 is 10.8 Å². The average molecular weight is 139 g/mol. The molecule has 54 valence electrons. The minimum atomic E-state index is -0.656. The van der Waals surface area contributed by atoms with Crippen LogP contribution in [0.4, 0.5) is 5.82 Å². The summed E-state index contributed by atoms with van der Waals surface area (Å²) in [6.45, 7) is 0. The molecular weight excluding hydrogens is 130 g/mol. The molecule has 1 aliphatic rings. The van der Waals surface area contributed by atoms with Gasteiger partial charge in [0, 0.05) is 5.56 Å². The number of rotatable bonds is 1. The Bertz CT molecular complexity index is 251. The van der Waals surface area contributed by atoms with E-state index < -0.39 is 5.60 Å². The van der Waals surface area contributed by atoms with Crippen LogP contribution in [0.1, 0.15) is 18.4 Å². The van der Waals surface area contributed by atoms with Crippen molar-refractivity contribution in [1.82, 2.24) is 10.2 Å². The highest BCUT2D eigenvalue weighted by Gasteiger charge is 2.44. The number of nitrogens with zero attached hydrogens (tertiary/aromatic N) is 1. The summed E-state index contributed by atoms with van der Waals surface area (Å²) in [7, 11) is 0. The Morgan fingerprint density at radius 1 is 1.70 bits per heavy atom. The smallest absolute Gasteiger partial charge is 0.124 e.